The van der Waals surface area contributed by atoms with Crippen molar-refractivity contribution in [3.05, 3.63) is 12.7 Å². The van der Waals surface area contributed by atoms with Crippen LogP contribution in [0.25, 0.3) is 0 Å². The zero-order valence-electron chi connectivity index (χ0n) is 10.4. The normalized spacial score (nSPS) is 12.7. The maximum Gasteiger partial charge on any atom is 0.0594 e. The maximum atomic E-state index is 5.67. The number of ether oxygens (including phenoxy) is 1. The summed E-state index contributed by atoms with van der Waals surface area (Å²) in [5.74, 6) is 0. The molecule has 0 aliphatic rings. The highest BCUT2D eigenvalue weighted by atomic mass is 16.5. The van der Waals surface area contributed by atoms with E-state index in [-0.39, 0.29) is 0 Å². The predicted octanol–water partition coefficient (Wildman–Crippen LogP) is 3.14. The first kappa shape index (κ1) is 14.7. The Hall–Kier alpha value is -0.340. The average molecular weight is 213 g/mol. The number of rotatable bonds is 11. The Morgan fingerprint density at radius 1 is 1.33 bits per heavy atom. The lowest BCUT2D eigenvalue weighted by Crippen LogP contribution is -2.22. The van der Waals surface area contributed by atoms with Gasteiger partial charge in [-0.05, 0) is 13.3 Å². The molecule has 15 heavy (non-hydrogen) atoms. The van der Waals surface area contributed by atoms with Crippen molar-refractivity contribution >= 4 is 0 Å². The SMILES string of the molecule is C=CCNCCOC(C)CCCCCC. The van der Waals surface area contributed by atoms with Crippen LogP contribution in [0.4, 0.5) is 0 Å². The average Bonchev–Trinajstić information content (AvgIpc) is 2.24. The van der Waals surface area contributed by atoms with Crippen LogP contribution in [-0.2, 0) is 4.74 Å². The van der Waals surface area contributed by atoms with Gasteiger partial charge in [0.15, 0.2) is 0 Å². The lowest BCUT2D eigenvalue weighted by atomic mass is 10.1. The Balaban J connectivity index is 3.11. The van der Waals surface area contributed by atoms with Gasteiger partial charge in [0.25, 0.3) is 0 Å². The van der Waals surface area contributed by atoms with Gasteiger partial charge in [0.1, 0.15) is 0 Å². The molecule has 0 rings (SSSR count). The molecule has 0 bridgehead atoms. The summed E-state index contributed by atoms with van der Waals surface area (Å²) < 4.78 is 5.67. The lowest BCUT2D eigenvalue weighted by molar-refractivity contribution is 0.0608. The second-order valence-corrected chi connectivity index (χ2v) is 4.02. The Kier molecular flexibility index (Phi) is 11.5. The summed E-state index contributed by atoms with van der Waals surface area (Å²) in [6.45, 7) is 10.7. The second-order valence-electron chi connectivity index (χ2n) is 4.02. The maximum absolute atomic E-state index is 5.67. The minimum absolute atomic E-state index is 0.410. The van der Waals surface area contributed by atoms with E-state index in [0.29, 0.717) is 6.10 Å². The monoisotopic (exact) mass is 213 g/mol. The van der Waals surface area contributed by atoms with E-state index in [1.54, 1.807) is 0 Å². The standard InChI is InChI=1S/C13H27NO/c1-4-6-7-8-9-13(3)15-12-11-14-10-5-2/h5,13-14H,2,4,6-12H2,1,3H3. The largest absolute Gasteiger partial charge is 0.377 e. The molecule has 0 aromatic rings. The summed E-state index contributed by atoms with van der Waals surface area (Å²) in [5, 5.41) is 3.22. The zero-order valence-corrected chi connectivity index (χ0v) is 10.4. The van der Waals surface area contributed by atoms with Crippen molar-refractivity contribution in [1.29, 1.82) is 0 Å². The Labute approximate surface area is 95.1 Å². The molecule has 0 fully saturated rings. The zero-order chi connectivity index (χ0) is 11.4. The van der Waals surface area contributed by atoms with Crippen molar-refractivity contribution < 1.29 is 4.74 Å². The first-order valence-corrected chi connectivity index (χ1v) is 6.24. The van der Waals surface area contributed by atoms with E-state index in [2.05, 4.69) is 25.7 Å². The van der Waals surface area contributed by atoms with Crippen molar-refractivity contribution in [2.24, 2.45) is 0 Å². The fourth-order valence-corrected chi connectivity index (χ4v) is 1.48. The molecule has 0 aliphatic heterocycles. The fraction of sp³-hybridized carbons (Fsp3) is 0.846. The quantitative estimate of drug-likeness (QED) is 0.420. The minimum Gasteiger partial charge on any atom is -0.377 e. The highest BCUT2D eigenvalue weighted by Crippen LogP contribution is 2.07. The molecule has 1 unspecified atom stereocenters. The van der Waals surface area contributed by atoms with Crippen LogP contribution in [0.1, 0.15) is 46.0 Å². The van der Waals surface area contributed by atoms with Crippen molar-refractivity contribution in [1.82, 2.24) is 5.32 Å². The molecule has 2 heteroatoms. The van der Waals surface area contributed by atoms with Gasteiger partial charge in [0.2, 0.25) is 0 Å². The van der Waals surface area contributed by atoms with Crippen LogP contribution in [-0.4, -0.2) is 25.8 Å². The number of unbranched alkanes of at least 4 members (excludes halogenated alkanes) is 3. The van der Waals surface area contributed by atoms with E-state index < -0.39 is 0 Å². The molecule has 0 saturated carbocycles. The summed E-state index contributed by atoms with van der Waals surface area (Å²) in [4.78, 5) is 0. The Bertz CT molecular complexity index is 136. The van der Waals surface area contributed by atoms with Gasteiger partial charge < -0.3 is 10.1 Å². The second kappa shape index (κ2) is 11.7. The molecular formula is C13H27NO. The van der Waals surface area contributed by atoms with E-state index in [4.69, 9.17) is 4.74 Å². The number of hydrogen-bond acceptors (Lipinski definition) is 2. The topological polar surface area (TPSA) is 21.3 Å². The van der Waals surface area contributed by atoms with E-state index in [9.17, 15) is 0 Å². The van der Waals surface area contributed by atoms with Gasteiger partial charge in [-0.1, -0.05) is 38.7 Å². The summed E-state index contributed by atoms with van der Waals surface area (Å²) in [5.41, 5.74) is 0. The molecule has 0 amide bonds. The smallest absolute Gasteiger partial charge is 0.0594 e. The van der Waals surface area contributed by atoms with Crippen molar-refractivity contribution in [3.63, 3.8) is 0 Å². The third-order valence-electron chi connectivity index (χ3n) is 2.43. The Morgan fingerprint density at radius 3 is 2.80 bits per heavy atom. The molecule has 0 spiro atoms. The third kappa shape index (κ3) is 11.6. The molecule has 0 aromatic carbocycles. The first-order chi connectivity index (χ1) is 7.31. The van der Waals surface area contributed by atoms with Crippen LogP contribution in [0.3, 0.4) is 0 Å². The van der Waals surface area contributed by atoms with Crippen LogP contribution in [0, 0.1) is 0 Å². The number of nitrogens with one attached hydrogen (secondary N) is 1. The van der Waals surface area contributed by atoms with E-state index in [1.807, 2.05) is 6.08 Å². The molecule has 0 saturated heterocycles. The van der Waals surface area contributed by atoms with E-state index in [1.165, 1.54) is 32.1 Å². The molecule has 90 valence electrons. The molecule has 0 aromatic heterocycles. The highest BCUT2D eigenvalue weighted by molar-refractivity contribution is 4.69. The molecule has 0 aliphatic carbocycles. The highest BCUT2D eigenvalue weighted by Gasteiger charge is 2.00. The molecule has 0 radical (unpaired) electrons. The van der Waals surface area contributed by atoms with Crippen molar-refractivity contribution in [3.8, 4) is 0 Å². The summed E-state index contributed by atoms with van der Waals surface area (Å²) >= 11 is 0. The first-order valence-electron chi connectivity index (χ1n) is 6.24. The molecule has 0 heterocycles. The van der Waals surface area contributed by atoms with Gasteiger partial charge >= 0.3 is 0 Å². The summed E-state index contributed by atoms with van der Waals surface area (Å²) in [7, 11) is 0. The molecule has 1 atom stereocenters. The van der Waals surface area contributed by atoms with Crippen LogP contribution in [0.5, 0.6) is 0 Å². The van der Waals surface area contributed by atoms with Crippen LogP contribution >= 0.6 is 0 Å². The molecule has 1 N–H and O–H groups in total. The van der Waals surface area contributed by atoms with Gasteiger partial charge in [-0.2, -0.15) is 0 Å². The third-order valence-corrected chi connectivity index (χ3v) is 2.43. The number of hydrogen-bond donors (Lipinski definition) is 1. The molecular weight excluding hydrogens is 186 g/mol. The summed E-state index contributed by atoms with van der Waals surface area (Å²) in [6, 6.07) is 0. The van der Waals surface area contributed by atoms with Gasteiger partial charge in [-0.15, -0.1) is 6.58 Å². The van der Waals surface area contributed by atoms with Gasteiger partial charge in [0, 0.05) is 13.1 Å². The van der Waals surface area contributed by atoms with Crippen molar-refractivity contribution in [2.75, 3.05) is 19.7 Å². The van der Waals surface area contributed by atoms with Gasteiger partial charge in [-0.3, -0.25) is 0 Å². The van der Waals surface area contributed by atoms with E-state index >= 15 is 0 Å². The summed E-state index contributed by atoms with van der Waals surface area (Å²) in [6.07, 6.45) is 8.78. The fourth-order valence-electron chi connectivity index (χ4n) is 1.48. The van der Waals surface area contributed by atoms with Crippen LogP contribution < -0.4 is 5.32 Å². The van der Waals surface area contributed by atoms with E-state index in [0.717, 1.165) is 19.7 Å². The van der Waals surface area contributed by atoms with Crippen LogP contribution in [0.2, 0.25) is 0 Å². The van der Waals surface area contributed by atoms with Crippen LogP contribution in [0.15, 0.2) is 12.7 Å². The lowest BCUT2D eigenvalue weighted by Gasteiger charge is -2.12. The van der Waals surface area contributed by atoms with Gasteiger partial charge in [0.05, 0.1) is 12.7 Å². The Morgan fingerprint density at radius 2 is 2.13 bits per heavy atom. The van der Waals surface area contributed by atoms with Gasteiger partial charge in [-0.25, -0.2) is 0 Å². The molecule has 2 nitrogen and oxygen atoms in total. The minimum atomic E-state index is 0.410. The predicted molar refractivity (Wildman–Crippen MR) is 67.2 cm³/mol. The van der Waals surface area contributed by atoms with Crippen molar-refractivity contribution in [2.45, 2.75) is 52.1 Å².